The number of rotatable bonds is 3. The topological polar surface area (TPSA) is 135 Å². The van der Waals surface area contributed by atoms with E-state index in [-0.39, 0.29) is 18.9 Å². The highest BCUT2D eigenvalue weighted by molar-refractivity contribution is 5.84. The second-order valence-corrected chi connectivity index (χ2v) is 5.64. The van der Waals surface area contributed by atoms with Gasteiger partial charge in [0.15, 0.2) is 0 Å². The van der Waals surface area contributed by atoms with Gasteiger partial charge in [0.25, 0.3) is 0 Å². The van der Waals surface area contributed by atoms with E-state index in [0.717, 1.165) is 5.39 Å². The highest BCUT2D eigenvalue weighted by atomic mass is 16.7. The van der Waals surface area contributed by atoms with Crippen LogP contribution in [0.5, 0.6) is 5.75 Å². The average molecular weight is 350 g/mol. The Morgan fingerprint density at radius 2 is 2.04 bits per heavy atom. The molecule has 1 saturated heterocycles. The molecule has 25 heavy (non-hydrogen) atoms. The van der Waals surface area contributed by atoms with Crippen LogP contribution in [0.4, 0.5) is 0 Å². The van der Waals surface area contributed by atoms with Crippen LogP contribution in [-0.4, -0.2) is 57.4 Å². The molecule has 0 bridgehead atoms. The number of amides is 1. The number of aliphatic hydroxyl groups is 3. The number of para-hydroxylation sites is 1. The molecule has 2 aromatic rings. The molecule has 3 rings (SSSR count). The van der Waals surface area contributed by atoms with Gasteiger partial charge in [0.05, 0.1) is 12.7 Å². The van der Waals surface area contributed by atoms with Gasteiger partial charge in [-0.25, -0.2) is 0 Å². The number of nitrogens with two attached hydrogens (primary N) is 1. The molecule has 5 N–H and O–H groups in total. The number of benzene rings is 1. The molecule has 136 valence electrons. The molecule has 1 fully saturated rings. The lowest BCUT2D eigenvalue weighted by Gasteiger charge is -2.36. The number of ether oxygens (including phenoxy) is 2. The van der Waals surface area contributed by atoms with Crippen LogP contribution in [0, 0.1) is 0 Å². The number of fused-ring (bicyclic) bond motifs is 1. The van der Waals surface area contributed by atoms with E-state index in [4.69, 9.17) is 9.47 Å². The van der Waals surface area contributed by atoms with Gasteiger partial charge < -0.3 is 30.5 Å². The summed E-state index contributed by atoms with van der Waals surface area (Å²) in [5.41, 5.74) is 5.17. The first-order valence-corrected chi connectivity index (χ1v) is 7.81. The zero-order valence-corrected chi connectivity index (χ0v) is 13.8. The number of hydrogen-bond donors (Lipinski definition) is 4. The summed E-state index contributed by atoms with van der Waals surface area (Å²) in [6, 6.07) is 9.30. The first-order chi connectivity index (χ1) is 11.9. The highest BCUT2D eigenvalue weighted by Gasteiger charge is 2.37. The molecule has 4 unspecified atom stereocenters. The van der Waals surface area contributed by atoms with Crippen molar-refractivity contribution in [3.8, 4) is 5.75 Å². The summed E-state index contributed by atoms with van der Waals surface area (Å²) < 4.78 is 11.2. The molecule has 0 spiro atoms. The first kappa shape index (κ1) is 19.1. The second kappa shape index (κ2) is 8.72. The average Bonchev–Trinajstić information content (AvgIpc) is 2.58. The van der Waals surface area contributed by atoms with Gasteiger partial charge in [0.2, 0.25) is 12.2 Å². The van der Waals surface area contributed by atoms with E-state index in [1.165, 1.54) is 6.92 Å². The van der Waals surface area contributed by atoms with Crippen LogP contribution in [0.1, 0.15) is 13.3 Å². The number of primary amides is 1. The van der Waals surface area contributed by atoms with Gasteiger partial charge in [-0.15, -0.1) is 0 Å². The van der Waals surface area contributed by atoms with Crippen LogP contribution >= 0.6 is 0 Å². The molecular formula is C17H22N2O6. The first-order valence-electron chi connectivity index (χ1n) is 7.81. The van der Waals surface area contributed by atoms with Crippen LogP contribution in [0.3, 0.4) is 0 Å². The Bertz CT molecular complexity index is 701. The third-order valence-corrected chi connectivity index (χ3v) is 3.57. The number of hydrogen-bond acceptors (Lipinski definition) is 7. The summed E-state index contributed by atoms with van der Waals surface area (Å²) in [6.07, 6.45) is -1.91. The number of aromatic nitrogens is 1. The van der Waals surface area contributed by atoms with Crippen molar-refractivity contribution in [3.63, 3.8) is 0 Å². The molecule has 0 saturated carbocycles. The molecule has 1 aliphatic heterocycles. The normalized spacial score (nSPS) is 25.8. The predicted molar refractivity (Wildman–Crippen MR) is 89.6 cm³/mol. The van der Waals surface area contributed by atoms with Gasteiger partial charge >= 0.3 is 0 Å². The second-order valence-electron chi connectivity index (χ2n) is 5.64. The molecule has 0 aliphatic carbocycles. The van der Waals surface area contributed by atoms with E-state index in [9.17, 15) is 20.1 Å². The Morgan fingerprint density at radius 3 is 2.72 bits per heavy atom. The summed E-state index contributed by atoms with van der Waals surface area (Å²) in [5.74, 6) is 0.207. The third kappa shape index (κ3) is 5.10. The molecule has 1 amide bonds. The van der Waals surface area contributed by atoms with Crippen molar-refractivity contribution >= 4 is 16.8 Å². The fourth-order valence-electron chi connectivity index (χ4n) is 2.46. The van der Waals surface area contributed by atoms with Crippen LogP contribution in [0.2, 0.25) is 0 Å². The zero-order chi connectivity index (χ0) is 18.4. The molecule has 0 radical (unpaired) electrons. The molecule has 8 nitrogen and oxygen atoms in total. The summed E-state index contributed by atoms with van der Waals surface area (Å²) in [6.45, 7) is 0.922. The van der Waals surface area contributed by atoms with Crippen molar-refractivity contribution in [2.24, 2.45) is 5.73 Å². The van der Waals surface area contributed by atoms with Crippen molar-refractivity contribution in [1.82, 2.24) is 4.98 Å². The van der Waals surface area contributed by atoms with E-state index < -0.39 is 24.6 Å². The Morgan fingerprint density at radius 1 is 1.36 bits per heavy atom. The maximum Gasteiger partial charge on any atom is 0.214 e. The van der Waals surface area contributed by atoms with E-state index in [0.29, 0.717) is 11.3 Å². The largest absolute Gasteiger partial charge is 0.463 e. The van der Waals surface area contributed by atoms with Crippen LogP contribution in [-0.2, 0) is 9.53 Å². The summed E-state index contributed by atoms with van der Waals surface area (Å²) >= 11 is 0. The zero-order valence-electron chi connectivity index (χ0n) is 13.8. The molecule has 1 aromatic carbocycles. The minimum Gasteiger partial charge on any atom is -0.463 e. The SMILES string of the molecule is CC(N)=O.OCC1OC(Oc2cccc3cccnc23)CC(O)C1O. The number of carbonyl (C=O) groups excluding carboxylic acids is 1. The number of carbonyl (C=O) groups is 1. The molecule has 1 aromatic heterocycles. The molecule has 2 heterocycles. The van der Waals surface area contributed by atoms with Crippen molar-refractivity contribution in [2.75, 3.05) is 6.61 Å². The van der Waals surface area contributed by atoms with E-state index in [1.54, 1.807) is 12.3 Å². The number of pyridine rings is 1. The maximum absolute atomic E-state index is 9.80. The standard InChI is InChI=1S/C15H17NO5.C2H5NO/c17-8-12-15(19)10(18)7-13(21-12)20-11-5-1-3-9-4-2-6-16-14(9)11;1-2(3)4/h1-6,10,12-13,15,17-19H,7-8H2;1H3,(H2,3,4). The van der Waals surface area contributed by atoms with Crippen LogP contribution in [0.15, 0.2) is 36.5 Å². The number of aliphatic hydroxyl groups excluding tert-OH is 3. The fourth-order valence-corrected chi connectivity index (χ4v) is 2.46. The molecular weight excluding hydrogens is 328 g/mol. The van der Waals surface area contributed by atoms with Gasteiger partial charge in [-0.1, -0.05) is 18.2 Å². The van der Waals surface area contributed by atoms with E-state index in [1.807, 2.05) is 24.3 Å². The third-order valence-electron chi connectivity index (χ3n) is 3.57. The molecule has 8 heteroatoms. The van der Waals surface area contributed by atoms with Crippen LogP contribution < -0.4 is 10.5 Å². The van der Waals surface area contributed by atoms with Gasteiger partial charge in [-0.2, -0.15) is 0 Å². The van der Waals surface area contributed by atoms with Gasteiger partial charge in [0.1, 0.15) is 23.5 Å². The van der Waals surface area contributed by atoms with Gasteiger partial charge in [-0.3, -0.25) is 9.78 Å². The van der Waals surface area contributed by atoms with Gasteiger partial charge in [-0.05, 0) is 12.1 Å². The fraction of sp³-hybridized carbons (Fsp3) is 0.412. The smallest absolute Gasteiger partial charge is 0.214 e. The monoisotopic (exact) mass is 350 g/mol. The lowest BCUT2D eigenvalue weighted by Crippen LogP contribution is -2.51. The maximum atomic E-state index is 9.80. The molecule has 4 atom stereocenters. The lowest BCUT2D eigenvalue weighted by molar-refractivity contribution is -0.229. The minimum atomic E-state index is -1.11. The van der Waals surface area contributed by atoms with Gasteiger partial charge in [0, 0.05) is 24.9 Å². The summed E-state index contributed by atoms with van der Waals surface area (Å²) in [7, 11) is 0. The Hall–Kier alpha value is -2.26. The molecule has 1 aliphatic rings. The van der Waals surface area contributed by atoms with Crippen LogP contribution in [0.25, 0.3) is 10.9 Å². The van der Waals surface area contributed by atoms with Crippen molar-refractivity contribution in [3.05, 3.63) is 36.5 Å². The predicted octanol–water partition coefficient (Wildman–Crippen LogP) is -0.0657. The highest BCUT2D eigenvalue weighted by Crippen LogP contribution is 2.28. The van der Waals surface area contributed by atoms with Crippen molar-refractivity contribution in [2.45, 2.75) is 37.9 Å². The Kier molecular flexibility index (Phi) is 6.65. The van der Waals surface area contributed by atoms with E-state index >= 15 is 0 Å². The Balaban J connectivity index is 0.000000511. The summed E-state index contributed by atoms with van der Waals surface area (Å²) in [5, 5.41) is 29.6. The lowest BCUT2D eigenvalue weighted by atomic mass is 10.0. The van der Waals surface area contributed by atoms with Crippen molar-refractivity contribution < 1.29 is 29.6 Å². The minimum absolute atomic E-state index is 0.126. The summed E-state index contributed by atoms with van der Waals surface area (Å²) in [4.78, 5) is 13.5. The van der Waals surface area contributed by atoms with Crippen molar-refractivity contribution in [1.29, 1.82) is 0 Å². The quantitative estimate of drug-likeness (QED) is 0.609. The van der Waals surface area contributed by atoms with E-state index in [2.05, 4.69) is 10.7 Å². The Labute approximate surface area is 144 Å². The number of nitrogens with zero attached hydrogens (tertiary/aromatic N) is 1.